The van der Waals surface area contributed by atoms with Crippen molar-refractivity contribution in [3.05, 3.63) is 72.1 Å². The maximum Gasteiger partial charge on any atom is 0.308 e. The van der Waals surface area contributed by atoms with E-state index in [1.165, 1.54) is 7.11 Å². The van der Waals surface area contributed by atoms with Gasteiger partial charge in [0.05, 0.1) is 13.5 Å². The molecule has 1 atom stereocenters. The third-order valence-electron chi connectivity index (χ3n) is 4.68. The van der Waals surface area contributed by atoms with Crippen LogP contribution in [0.5, 0.6) is 0 Å². The molecule has 0 spiro atoms. The summed E-state index contributed by atoms with van der Waals surface area (Å²) in [6.45, 7) is 14.0. The van der Waals surface area contributed by atoms with Gasteiger partial charge < -0.3 is 14.0 Å². The Balaban J connectivity index is 2.64. The number of ether oxygens (including phenoxy) is 1. The van der Waals surface area contributed by atoms with Crippen LogP contribution in [-0.2, 0) is 14.0 Å². The average molecular weight is 382 g/mol. The summed E-state index contributed by atoms with van der Waals surface area (Å²) in [7, 11) is -1.42. The summed E-state index contributed by atoms with van der Waals surface area (Å²) in [6.07, 6.45) is -0.440. The highest BCUT2D eigenvalue weighted by Gasteiger charge is 2.52. The van der Waals surface area contributed by atoms with Crippen LogP contribution in [0, 0.1) is 6.57 Å². The standard InChI is InChI=1S/C22H27NO3Si/c1-22(2,3)27(19-12-8-6-9-13-19,20-14-10-7-11-15-20)26-18(17-23-4)16-21(24)25-5/h6-15,18H,16-17H2,1-3,5H3. The Kier molecular flexibility index (Phi) is 6.95. The molecule has 0 aliphatic carbocycles. The zero-order valence-corrected chi connectivity index (χ0v) is 17.4. The normalized spacial score (nSPS) is 12.9. The Morgan fingerprint density at radius 1 is 1.04 bits per heavy atom. The van der Waals surface area contributed by atoms with Crippen LogP contribution in [0.4, 0.5) is 0 Å². The van der Waals surface area contributed by atoms with Crippen LogP contribution < -0.4 is 10.4 Å². The van der Waals surface area contributed by atoms with E-state index < -0.39 is 14.4 Å². The molecule has 0 N–H and O–H groups in total. The fraction of sp³-hybridized carbons (Fsp3) is 0.364. The van der Waals surface area contributed by atoms with Crippen molar-refractivity contribution in [3.63, 3.8) is 0 Å². The van der Waals surface area contributed by atoms with Crippen molar-refractivity contribution in [3.8, 4) is 0 Å². The molecule has 2 aromatic rings. The zero-order valence-electron chi connectivity index (χ0n) is 16.4. The van der Waals surface area contributed by atoms with Crippen molar-refractivity contribution in [2.24, 2.45) is 0 Å². The molecule has 0 aromatic heterocycles. The lowest BCUT2D eigenvalue weighted by Crippen LogP contribution is -2.68. The molecule has 0 fully saturated rings. The molecule has 2 rings (SSSR count). The first-order valence-electron chi connectivity index (χ1n) is 9.04. The molecule has 4 nitrogen and oxygen atoms in total. The number of rotatable bonds is 7. The van der Waals surface area contributed by atoms with E-state index in [2.05, 4.69) is 49.9 Å². The minimum absolute atomic E-state index is 0.0728. The van der Waals surface area contributed by atoms with Gasteiger partial charge in [0, 0.05) is 0 Å². The number of nitrogens with zero attached hydrogens (tertiary/aromatic N) is 1. The molecule has 0 aliphatic rings. The highest BCUT2D eigenvalue weighted by atomic mass is 28.4. The van der Waals surface area contributed by atoms with Crippen LogP contribution in [-0.4, -0.2) is 34.0 Å². The van der Waals surface area contributed by atoms with E-state index in [-0.39, 0.29) is 24.0 Å². The molecule has 0 aliphatic heterocycles. The molecule has 0 bridgehead atoms. The van der Waals surface area contributed by atoms with Crippen LogP contribution in [0.1, 0.15) is 27.2 Å². The van der Waals surface area contributed by atoms with Crippen LogP contribution in [0.2, 0.25) is 5.04 Å². The van der Waals surface area contributed by atoms with E-state index in [1.54, 1.807) is 0 Å². The summed E-state index contributed by atoms with van der Waals surface area (Å²) in [5, 5.41) is 2.05. The Hall–Kier alpha value is -2.42. The maximum absolute atomic E-state index is 11.9. The van der Waals surface area contributed by atoms with Gasteiger partial charge >= 0.3 is 5.97 Å². The summed E-state index contributed by atoms with van der Waals surface area (Å²) in [5.74, 6) is -0.360. The number of methoxy groups -OCH3 is 1. The van der Waals surface area contributed by atoms with Gasteiger partial charge in [-0.05, 0) is 15.4 Å². The van der Waals surface area contributed by atoms with Crippen LogP contribution >= 0.6 is 0 Å². The first kappa shape index (κ1) is 20.9. The molecule has 0 saturated heterocycles. The predicted molar refractivity (Wildman–Crippen MR) is 111 cm³/mol. The smallest absolute Gasteiger partial charge is 0.308 e. The third kappa shape index (κ3) is 4.65. The fourth-order valence-corrected chi connectivity index (χ4v) is 8.13. The minimum atomic E-state index is -2.78. The molecule has 0 amide bonds. The largest absolute Gasteiger partial charge is 0.469 e. The van der Waals surface area contributed by atoms with E-state index in [1.807, 2.05) is 36.4 Å². The van der Waals surface area contributed by atoms with Gasteiger partial charge in [-0.2, -0.15) is 0 Å². The van der Waals surface area contributed by atoms with Crippen molar-refractivity contribution in [1.82, 2.24) is 0 Å². The van der Waals surface area contributed by atoms with Crippen molar-refractivity contribution in [1.29, 1.82) is 0 Å². The molecule has 0 radical (unpaired) electrons. The number of carbonyl (C=O) groups excluding carboxylic acids is 1. The van der Waals surface area contributed by atoms with Gasteiger partial charge in [0.25, 0.3) is 8.32 Å². The minimum Gasteiger partial charge on any atom is -0.469 e. The Bertz CT molecular complexity index is 739. The summed E-state index contributed by atoms with van der Waals surface area (Å²) < 4.78 is 11.6. The van der Waals surface area contributed by atoms with E-state index in [0.29, 0.717) is 0 Å². The predicted octanol–water partition coefficient (Wildman–Crippen LogP) is 3.41. The highest BCUT2D eigenvalue weighted by Crippen LogP contribution is 2.37. The fourth-order valence-electron chi connectivity index (χ4n) is 3.46. The average Bonchev–Trinajstić information content (AvgIpc) is 2.66. The second kappa shape index (κ2) is 8.98. The van der Waals surface area contributed by atoms with Crippen LogP contribution in [0.15, 0.2) is 60.7 Å². The maximum atomic E-state index is 11.9. The first-order valence-corrected chi connectivity index (χ1v) is 10.9. The third-order valence-corrected chi connectivity index (χ3v) is 9.77. The molecule has 0 heterocycles. The molecule has 0 saturated carbocycles. The van der Waals surface area contributed by atoms with Gasteiger partial charge in [0.1, 0.15) is 6.10 Å². The highest BCUT2D eigenvalue weighted by molar-refractivity contribution is 6.99. The number of esters is 1. The monoisotopic (exact) mass is 381 g/mol. The van der Waals surface area contributed by atoms with Crippen molar-refractivity contribution >= 4 is 24.7 Å². The van der Waals surface area contributed by atoms with E-state index in [0.717, 1.165) is 10.4 Å². The summed E-state index contributed by atoms with van der Waals surface area (Å²) in [6, 6.07) is 20.4. The lowest BCUT2D eigenvalue weighted by molar-refractivity contribution is -0.142. The van der Waals surface area contributed by atoms with E-state index in [9.17, 15) is 4.79 Å². The van der Waals surface area contributed by atoms with Gasteiger partial charge in [-0.3, -0.25) is 4.79 Å². The number of hydrogen-bond donors (Lipinski definition) is 0. The molecular formula is C22H27NO3Si. The van der Waals surface area contributed by atoms with Crippen LogP contribution in [0.25, 0.3) is 4.85 Å². The first-order chi connectivity index (χ1) is 12.8. The van der Waals surface area contributed by atoms with E-state index >= 15 is 0 Å². The van der Waals surface area contributed by atoms with Crippen molar-refractivity contribution < 1.29 is 14.0 Å². The van der Waals surface area contributed by atoms with Gasteiger partial charge in [0.2, 0.25) is 6.54 Å². The quantitative estimate of drug-likeness (QED) is 0.419. The molecule has 5 heteroatoms. The van der Waals surface area contributed by atoms with Gasteiger partial charge in [-0.1, -0.05) is 81.4 Å². The summed E-state index contributed by atoms with van der Waals surface area (Å²) in [4.78, 5) is 15.4. The molecule has 1 unspecified atom stereocenters. The molecule has 2 aromatic carbocycles. The second-order valence-corrected chi connectivity index (χ2v) is 11.8. The Morgan fingerprint density at radius 3 is 1.89 bits per heavy atom. The molecular weight excluding hydrogens is 354 g/mol. The van der Waals surface area contributed by atoms with Crippen LogP contribution in [0.3, 0.4) is 0 Å². The van der Waals surface area contributed by atoms with Gasteiger partial charge in [-0.15, -0.1) is 0 Å². The molecule has 27 heavy (non-hydrogen) atoms. The van der Waals surface area contributed by atoms with Gasteiger partial charge in [0.15, 0.2) is 0 Å². The van der Waals surface area contributed by atoms with E-state index in [4.69, 9.17) is 15.7 Å². The Labute approximate surface area is 163 Å². The zero-order chi connectivity index (χ0) is 19.9. The number of carbonyl (C=O) groups is 1. The topological polar surface area (TPSA) is 39.9 Å². The van der Waals surface area contributed by atoms with Crippen molar-refractivity contribution in [2.75, 3.05) is 13.7 Å². The number of hydrogen-bond acceptors (Lipinski definition) is 3. The Morgan fingerprint density at radius 2 is 1.52 bits per heavy atom. The molecule has 142 valence electrons. The SMILES string of the molecule is [C-]#[N+]CC(CC(=O)OC)O[Si](c1ccccc1)(c1ccccc1)C(C)(C)C. The lowest BCUT2D eigenvalue weighted by atomic mass is 10.2. The summed E-state index contributed by atoms with van der Waals surface area (Å²) in [5.41, 5.74) is 0. The van der Waals surface area contributed by atoms with Crippen molar-refractivity contribution in [2.45, 2.75) is 38.3 Å². The second-order valence-electron chi connectivity index (χ2n) is 7.52. The van der Waals surface area contributed by atoms with Gasteiger partial charge in [-0.25, -0.2) is 6.57 Å². The summed E-state index contributed by atoms with van der Waals surface area (Å²) >= 11 is 0. The lowest BCUT2D eigenvalue weighted by Gasteiger charge is -2.44. The number of benzene rings is 2.